The first-order valence-corrected chi connectivity index (χ1v) is 22.2. The summed E-state index contributed by atoms with van der Waals surface area (Å²) < 4.78 is 21.6. The number of rotatable bonds is 38. The van der Waals surface area contributed by atoms with Crippen LogP contribution in [0.3, 0.4) is 0 Å². The van der Waals surface area contributed by atoms with E-state index in [1.807, 2.05) is 55.7 Å². The first kappa shape index (κ1) is 55.7. The Balaban J connectivity index is 5.31. The summed E-state index contributed by atoms with van der Waals surface area (Å²) in [5, 5.41) is 0. The van der Waals surface area contributed by atoms with Crippen LogP contribution in [0.25, 0.3) is 0 Å². The maximum absolute atomic E-state index is 12.6. The zero-order chi connectivity index (χ0) is 44.2. The van der Waals surface area contributed by atoms with Gasteiger partial charge in [0.2, 0.25) is 0 Å². The van der Waals surface area contributed by atoms with Gasteiger partial charge in [0, 0.05) is 52.4 Å². The lowest BCUT2D eigenvalue weighted by molar-refractivity contribution is -0.144. The van der Waals surface area contributed by atoms with E-state index in [0.717, 1.165) is 51.4 Å². The first-order chi connectivity index (χ1) is 29.2. The zero-order valence-electron chi connectivity index (χ0n) is 37.8. The lowest BCUT2D eigenvalue weighted by Gasteiger charge is -2.27. The number of hydrogen-bond donors (Lipinski definition) is 0. The van der Waals surface area contributed by atoms with Crippen LogP contribution < -0.4 is 0 Å². The van der Waals surface area contributed by atoms with Crippen molar-refractivity contribution in [3.63, 3.8) is 0 Å². The van der Waals surface area contributed by atoms with E-state index in [2.05, 4.69) is 91.0 Å². The number of carbonyl (C=O) groups is 4. The van der Waals surface area contributed by atoms with Crippen LogP contribution in [0.5, 0.6) is 0 Å². The molecule has 0 aromatic carbocycles. The van der Waals surface area contributed by atoms with E-state index < -0.39 is 0 Å². The average molecular weight is 838 g/mol. The van der Waals surface area contributed by atoms with E-state index in [9.17, 15) is 19.2 Å². The van der Waals surface area contributed by atoms with E-state index in [1.54, 1.807) is 0 Å². The lowest BCUT2D eigenvalue weighted by Crippen LogP contribution is -2.40. The second-order valence-electron chi connectivity index (χ2n) is 14.1. The van der Waals surface area contributed by atoms with Crippen molar-refractivity contribution in [3.8, 4) is 0 Å². The number of carbonyl (C=O) groups excluding carboxylic acids is 4. The van der Waals surface area contributed by atoms with Crippen LogP contribution in [0.4, 0.5) is 0 Å². The summed E-state index contributed by atoms with van der Waals surface area (Å²) in [4.78, 5) is 56.6. The third-order valence-electron chi connectivity index (χ3n) is 8.85. The molecule has 0 fully saturated rings. The van der Waals surface area contributed by atoms with E-state index >= 15 is 0 Å². The molecule has 0 N–H and O–H groups in total. The van der Waals surface area contributed by atoms with Crippen molar-refractivity contribution in [2.75, 3.05) is 85.8 Å². The quantitative estimate of drug-likeness (QED) is 0.0338. The van der Waals surface area contributed by atoms with Gasteiger partial charge in [-0.05, 0) is 58.4 Å². The van der Waals surface area contributed by atoms with Gasteiger partial charge in [-0.15, -0.1) is 0 Å². The molecular formula is C49H79N3O8. The maximum Gasteiger partial charge on any atom is 0.307 e. The molecule has 0 heterocycles. The molecule has 0 aliphatic carbocycles. The SMILES string of the molecule is CC/C=C\C/C=C\COC(=O)CCN(CCC(=O)OC/C=C\C/C=C\CC)CCN(C)CCN(CCC(=O)OC/C=C\C/C=C\CC)CCC(=O)OC/C=C\C/C=C\CC. The van der Waals surface area contributed by atoms with Crippen molar-refractivity contribution >= 4 is 23.9 Å². The molecule has 0 radical (unpaired) electrons. The molecular weight excluding hydrogens is 759 g/mol. The zero-order valence-corrected chi connectivity index (χ0v) is 37.8. The molecule has 0 aromatic heterocycles. The molecule has 0 aromatic rings. The largest absolute Gasteiger partial charge is 0.461 e. The van der Waals surface area contributed by atoms with Gasteiger partial charge < -0.3 is 33.6 Å². The predicted octanol–water partition coefficient (Wildman–Crippen LogP) is 8.91. The van der Waals surface area contributed by atoms with Gasteiger partial charge in [0.1, 0.15) is 26.4 Å². The van der Waals surface area contributed by atoms with Crippen molar-refractivity contribution in [1.29, 1.82) is 0 Å². The van der Waals surface area contributed by atoms with Gasteiger partial charge >= 0.3 is 23.9 Å². The highest BCUT2D eigenvalue weighted by atomic mass is 16.5. The molecule has 0 aliphatic heterocycles. The molecule has 0 saturated heterocycles. The molecule has 0 amide bonds. The van der Waals surface area contributed by atoms with Gasteiger partial charge in [-0.2, -0.15) is 0 Å². The van der Waals surface area contributed by atoms with Gasteiger partial charge in [-0.3, -0.25) is 19.2 Å². The third-order valence-corrected chi connectivity index (χ3v) is 8.85. The first-order valence-electron chi connectivity index (χ1n) is 22.2. The van der Waals surface area contributed by atoms with Crippen LogP contribution in [0, 0.1) is 0 Å². The van der Waals surface area contributed by atoms with Gasteiger partial charge in [0.25, 0.3) is 0 Å². The summed E-state index contributed by atoms with van der Waals surface area (Å²) in [6.45, 7) is 13.6. The summed E-state index contributed by atoms with van der Waals surface area (Å²) in [6.07, 6.45) is 40.0. The van der Waals surface area contributed by atoms with Crippen molar-refractivity contribution in [1.82, 2.24) is 14.7 Å². The molecule has 11 nitrogen and oxygen atoms in total. The normalized spacial score (nSPS) is 12.5. The Morgan fingerprint density at radius 2 is 0.567 bits per heavy atom. The van der Waals surface area contributed by atoms with Crippen LogP contribution in [-0.4, -0.2) is 124 Å². The van der Waals surface area contributed by atoms with Gasteiger partial charge in [0.05, 0.1) is 25.7 Å². The average Bonchev–Trinajstić information content (AvgIpc) is 3.24. The van der Waals surface area contributed by atoms with Crippen LogP contribution in [0.2, 0.25) is 0 Å². The highest BCUT2D eigenvalue weighted by Gasteiger charge is 2.16. The molecule has 0 atom stereocenters. The number of ether oxygens (including phenoxy) is 4. The van der Waals surface area contributed by atoms with Gasteiger partial charge in [0.15, 0.2) is 0 Å². The highest BCUT2D eigenvalue weighted by molar-refractivity contribution is 5.71. The minimum absolute atomic E-state index is 0.202. The fourth-order valence-corrected chi connectivity index (χ4v) is 5.28. The lowest BCUT2D eigenvalue weighted by atomic mass is 10.3. The summed E-state index contributed by atoms with van der Waals surface area (Å²) in [6, 6.07) is 0. The highest BCUT2D eigenvalue weighted by Crippen LogP contribution is 2.03. The Labute approximate surface area is 363 Å². The van der Waals surface area contributed by atoms with Crippen molar-refractivity contribution in [2.45, 2.75) is 105 Å². The fraction of sp³-hybridized carbons (Fsp3) is 0.592. The van der Waals surface area contributed by atoms with Gasteiger partial charge in [-0.1, -0.05) is 125 Å². The number of allylic oxidation sites excluding steroid dienone is 12. The number of nitrogens with zero attached hydrogens (tertiary/aromatic N) is 3. The summed E-state index contributed by atoms with van der Waals surface area (Å²) in [5.41, 5.74) is 0. The molecule has 338 valence electrons. The van der Waals surface area contributed by atoms with Crippen LogP contribution in [0.15, 0.2) is 97.2 Å². The van der Waals surface area contributed by atoms with Crippen molar-refractivity contribution in [3.05, 3.63) is 97.2 Å². The minimum atomic E-state index is -0.292. The second-order valence-corrected chi connectivity index (χ2v) is 14.1. The second kappa shape index (κ2) is 42.8. The fourth-order valence-electron chi connectivity index (χ4n) is 5.28. The monoisotopic (exact) mass is 838 g/mol. The minimum Gasteiger partial charge on any atom is -0.461 e. The molecule has 0 bridgehead atoms. The standard InChI is InChI=1S/C49H79N3O8/c1-6-10-14-18-22-26-42-57-46(53)30-34-51(35-31-47(54)58-43-27-23-19-15-11-7-2)40-38-50(5)39-41-52(36-32-48(55)59-44-28-24-20-16-12-8-3)37-33-49(56)60-45-29-25-21-17-13-9-4/h10-17,22-29H,6-9,18-21,30-45H2,1-5H3/b14-10-,15-11-,16-12-,17-13-,26-22-,27-23-,28-24-,29-25-. The van der Waals surface area contributed by atoms with Crippen molar-refractivity contribution < 1.29 is 38.1 Å². The smallest absolute Gasteiger partial charge is 0.307 e. The van der Waals surface area contributed by atoms with Crippen LogP contribution in [-0.2, 0) is 38.1 Å². The molecule has 60 heavy (non-hydrogen) atoms. The molecule has 0 aliphatic rings. The third kappa shape index (κ3) is 39.2. The molecule has 0 spiro atoms. The van der Waals surface area contributed by atoms with E-state index in [0.29, 0.717) is 52.4 Å². The number of esters is 4. The van der Waals surface area contributed by atoms with E-state index in [4.69, 9.17) is 18.9 Å². The summed E-state index contributed by atoms with van der Waals surface area (Å²) in [5.74, 6) is -1.17. The maximum atomic E-state index is 12.6. The molecule has 0 unspecified atom stereocenters. The number of likely N-dealkylation sites (N-methyl/N-ethyl adjacent to an activating group) is 1. The molecule has 0 saturated carbocycles. The Morgan fingerprint density at radius 3 is 0.800 bits per heavy atom. The van der Waals surface area contributed by atoms with Crippen LogP contribution in [0.1, 0.15) is 105 Å². The number of hydrogen-bond acceptors (Lipinski definition) is 11. The molecule has 0 rings (SSSR count). The van der Waals surface area contributed by atoms with Gasteiger partial charge in [-0.25, -0.2) is 0 Å². The Hall–Kier alpha value is -4.32. The topological polar surface area (TPSA) is 115 Å². The van der Waals surface area contributed by atoms with E-state index in [1.165, 1.54) is 0 Å². The van der Waals surface area contributed by atoms with Crippen molar-refractivity contribution in [2.24, 2.45) is 0 Å². The summed E-state index contributed by atoms with van der Waals surface area (Å²) in [7, 11) is 2.01. The summed E-state index contributed by atoms with van der Waals surface area (Å²) >= 11 is 0. The van der Waals surface area contributed by atoms with E-state index in [-0.39, 0.29) is 76.0 Å². The molecule has 11 heteroatoms. The Kier molecular flexibility index (Phi) is 39.7. The Bertz CT molecular complexity index is 1160. The Morgan fingerprint density at radius 1 is 0.333 bits per heavy atom. The van der Waals surface area contributed by atoms with Crippen LogP contribution >= 0.6 is 0 Å². The predicted molar refractivity (Wildman–Crippen MR) is 245 cm³/mol.